The van der Waals surface area contributed by atoms with Crippen molar-refractivity contribution in [1.29, 1.82) is 0 Å². The topological polar surface area (TPSA) is 67.5 Å². The van der Waals surface area contributed by atoms with Crippen LogP contribution in [0.1, 0.15) is 19.1 Å². The summed E-state index contributed by atoms with van der Waals surface area (Å²) < 4.78 is 5.01. The van der Waals surface area contributed by atoms with Crippen LogP contribution in [0, 0.1) is 0 Å². The van der Waals surface area contributed by atoms with E-state index in [1.807, 2.05) is 0 Å². The highest BCUT2D eigenvalue weighted by molar-refractivity contribution is 6.33. The van der Waals surface area contributed by atoms with Crippen molar-refractivity contribution >= 4 is 17.8 Å². The lowest BCUT2D eigenvalue weighted by molar-refractivity contribution is -0.148. The zero-order chi connectivity index (χ0) is 10.6. The second-order valence-electron chi connectivity index (χ2n) is 2.91. The second-order valence-corrected chi connectivity index (χ2v) is 2.91. The zero-order valence-electron chi connectivity index (χ0n) is 7.69. The molecule has 1 aromatic heterocycles. The molecule has 0 fully saturated rings. The van der Waals surface area contributed by atoms with Gasteiger partial charge in [-0.15, -0.1) is 0 Å². The summed E-state index contributed by atoms with van der Waals surface area (Å²) in [6, 6.07) is 3.45. The molecule has 0 saturated heterocycles. The van der Waals surface area contributed by atoms with Gasteiger partial charge in [0.1, 0.15) is 5.76 Å². The van der Waals surface area contributed by atoms with Gasteiger partial charge in [0.2, 0.25) is 5.78 Å². The van der Waals surface area contributed by atoms with Crippen LogP contribution >= 0.6 is 0 Å². The second kappa shape index (κ2) is 4.41. The van der Waals surface area contributed by atoms with Crippen LogP contribution in [0.3, 0.4) is 0 Å². The van der Waals surface area contributed by atoms with Gasteiger partial charge in [0.15, 0.2) is 0 Å². The molecule has 0 spiro atoms. The first-order valence-corrected chi connectivity index (χ1v) is 4.06. The lowest BCUT2D eigenvalue weighted by Gasteiger charge is -1.95. The van der Waals surface area contributed by atoms with E-state index < -0.39 is 11.8 Å². The number of hydrogen-bond donors (Lipinski definition) is 1. The lowest BCUT2D eigenvalue weighted by Crippen LogP contribution is -2.12. The fourth-order valence-corrected chi connectivity index (χ4v) is 0.996. The molecule has 0 bridgehead atoms. The first kappa shape index (κ1) is 10.2. The zero-order valence-corrected chi connectivity index (χ0v) is 7.69. The van der Waals surface area contributed by atoms with Crippen molar-refractivity contribution in [1.82, 2.24) is 0 Å². The van der Waals surface area contributed by atoms with Gasteiger partial charge in [-0.2, -0.15) is 0 Å². The molecule has 0 unspecified atom stereocenters. The standard InChI is InChI=1S/C10H10O4/c1-7(6-9(11)10(12)13)5-8-3-2-4-14-8/h2-5H,6H2,1H3,(H,12,13)/b7-5+. The number of ketones is 1. The molecule has 0 aromatic carbocycles. The number of carboxylic acids is 1. The summed E-state index contributed by atoms with van der Waals surface area (Å²) in [4.78, 5) is 21.0. The van der Waals surface area contributed by atoms with E-state index in [2.05, 4.69) is 0 Å². The van der Waals surface area contributed by atoms with Crippen molar-refractivity contribution in [3.05, 3.63) is 29.7 Å². The van der Waals surface area contributed by atoms with Crippen molar-refractivity contribution in [3.63, 3.8) is 0 Å². The molecule has 14 heavy (non-hydrogen) atoms. The van der Waals surface area contributed by atoms with Crippen LogP contribution in [0.25, 0.3) is 6.08 Å². The highest BCUT2D eigenvalue weighted by Crippen LogP contribution is 2.09. The third-order valence-electron chi connectivity index (χ3n) is 1.61. The van der Waals surface area contributed by atoms with E-state index in [4.69, 9.17) is 9.52 Å². The van der Waals surface area contributed by atoms with E-state index in [0.29, 0.717) is 11.3 Å². The molecular weight excluding hydrogens is 184 g/mol. The van der Waals surface area contributed by atoms with Gasteiger partial charge in [0.05, 0.1) is 6.26 Å². The van der Waals surface area contributed by atoms with Crippen LogP contribution in [-0.4, -0.2) is 16.9 Å². The number of allylic oxidation sites excluding steroid dienone is 1. The average Bonchev–Trinajstić information content (AvgIpc) is 2.56. The van der Waals surface area contributed by atoms with E-state index in [1.165, 1.54) is 6.26 Å². The first-order valence-electron chi connectivity index (χ1n) is 4.06. The van der Waals surface area contributed by atoms with Gasteiger partial charge < -0.3 is 9.52 Å². The van der Waals surface area contributed by atoms with Gasteiger partial charge in [-0.05, 0) is 25.1 Å². The highest BCUT2D eigenvalue weighted by atomic mass is 16.4. The van der Waals surface area contributed by atoms with Crippen molar-refractivity contribution in [2.24, 2.45) is 0 Å². The van der Waals surface area contributed by atoms with E-state index in [-0.39, 0.29) is 6.42 Å². The summed E-state index contributed by atoms with van der Waals surface area (Å²) in [5, 5.41) is 8.36. The summed E-state index contributed by atoms with van der Waals surface area (Å²) in [6.45, 7) is 1.68. The molecule has 0 amide bonds. The predicted octanol–water partition coefficient (Wildman–Crippen LogP) is 1.73. The smallest absolute Gasteiger partial charge is 0.372 e. The minimum absolute atomic E-state index is 0.0873. The molecule has 4 nitrogen and oxygen atoms in total. The monoisotopic (exact) mass is 194 g/mol. The number of carboxylic acid groups (broad SMARTS) is 1. The summed E-state index contributed by atoms with van der Waals surface area (Å²) >= 11 is 0. The third kappa shape index (κ3) is 2.90. The predicted molar refractivity (Wildman–Crippen MR) is 49.6 cm³/mol. The van der Waals surface area contributed by atoms with E-state index in [0.717, 1.165) is 0 Å². The SMILES string of the molecule is C/C(=C\c1ccco1)CC(=O)C(=O)O. The molecule has 1 N–H and O–H groups in total. The van der Waals surface area contributed by atoms with Gasteiger partial charge in [0.25, 0.3) is 0 Å². The Morgan fingerprint density at radius 2 is 2.29 bits per heavy atom. The number of rotatable bonds is 4. The Balaban J connectivity index is 2.63. The van der Waals surface area contributed by atoms with E-state index in [1.54, 1.807) is 25.1 Å². The Morgan fingerprint density at radius 3 is 2.79 bits per heavy atom. The molecule has 0 saturated carbocycles. The summed E-state index contributed by atoms with van der Waals surface area (Å²) in [5.74, 6) is -1.61. The van der Waals surface area contributed by atoms with Crippen molar-refractivity contribution < 1.29 is 19.1 Å². The minimum Gasteiger partial charge on any atom is -0.475 e. The number of aliphatic carboxylic acids is 1. The lowest BCUT2D eigenvalue weighted by atomic mass is 10.1. The molecule has 1 aromatic rings. The summed E-state index contributed by atoms with van der Waals surface area (Å²) in [7, 11) is 0. The summed E-state index contributed by atoms with van der Waals surface area (Å²) in [6.07, 6.45) is 3.06. The molecule has 0 aliphatic rings. The number of Topliss-reactive ketones (excluding diaryl/α,β-unsaturated/α-hetero) is 1. The Morgan fingerprint density at radius 1 is 1.57 bits per heavy atom. The summed E-state index contributed by atoms with van der Waals surface area (Å²) in [5.41, 5.74) is 0.660. The van der Waals surface area contributed by atoms with E-state index in [9.17, 15) is 9.59 Å². The fourth-order valence-electron chi connectivity index (χ4n) is 0.996. The van der Waals surface area contributed by atoms with Crippen LogP contribution in [0.15, 0.2) is 28.4 Å². The molecule has 0 atom stereocenters. The largest absolute Gasteiger partial charge is 0.475 e. The van der Waals surface area contributed by atoms with Crippen molar-refractivity contribution in [2.45, 2.75) is 13.3 Å². The maximum atomic E-state index is 10.8. The Labute approximate surface area is 80.8 Å². The maximum Gasteiger partial charge on any atom is 0.372 e. The number of furan rings is 1. The molecule has 1 heterocycles. The van der Waals surface area contributed by atoms with Gasteiger partial charge in [-0.25, -0.2) is 4.79 Å². The molecule has 0 aliphatic heterocycles. The highest BCUT2D eigenvalue weighted by Gasteiger charge is 2.11. The third-order valence-corrected chi connectivity index (χ3v) is 1.61. The van der Waals surface area contributed by atoms with Gasteiger partial charge in [-0.3, -0.25) is 4.79 Å². The van der Waals surface area contributed by atoms with Crippen LogP contribution in [0.2, 0.25) is 0 Å². The number of hydrogen-bond acceptors (Lipinski definition) is 3. The van der Waals surface area contributed by atoms with Crippen LogP contribution in [-0.2, 0) is 9.59 Å². The van der Waals surface area contributed by atoms with Gasteiger partial charge in [0, 0.05) is 6.42 Å². The molecule has 0 aliphatic carbocycles. The first-order chi connectivity index (χ1) is 6.59. The van der Waals surface area contributed by atoms with Crippen molar-refractivity contribution in [3.8, 4) is 0 Å². The normalized spacial score (nSPS) is 11.4. The van der Waals surface area contributed by atoms with Gasteiger partial charge >= 0.3 is 5.97 Å². The quantitative estimate of drug-likeness (QED) is 0.741. The average molecular weight is 194 g/mol. The van der Waals surface area contributed by atoms with Crippen molar-refractivity contribution in [2.75, 3.05) is 0 Å². The van der Waals surface area contributed by atoms with Crippen LogP contribution in [0.5, 0.6) is 0 Å². The fraction of sp³-hybridized carbons (Fsp3) is 0.200. The minimum atomic E-state index is -1.41. The molecular formula is C10H10O4. The molecule has 1 rings (SSSR count). The number of carbonyl (C=O) groups is 2. The number of carbonyl (C=O) groups excluding carboxylic acids is 1. The Kier molecular flexibility index (Phi) is 3.23. The van der Waals surface area contributed by atoms with Gasteiger partial charge in [-0.1, -0.05) is 5.57 Å². The Hall–Kier alpha value is -1.84. The molecule has 74 valence electrons. The maximum absolute atomic E-state index is 10.8. The Bertz CT molecular complexity index is 359. The molecule has 0 radical (unpaired) electrons. The van der Waals surface area contributed by atoms with Crippen LogP contribution in [0.4, 0.5) is 0 Å². The molecule has 4 heteroatoms. The van der Waals surface area contributed by atoms with E-state index >= 15 is 0 Å². The van der Waals surface area contributed by atoms with Crippen LogP contribution < -0.4 is 0 Å².